The molecule has 0 amide bonds. The van der Waals surface area contributed by atoms with Crippen molar-refractivity contribution in [2.24, 2.45) is 7.05 Å². The Morgan fingerprint density at radius 2 is 2.09 bits per heavy atom. The van der Waals surface area contributed by atoms with Gasteiger partial charge in [-0.25, -0.2) is 4.68 Å². The fourth-order valence-electron chi connectivity index (χ4n) is 2.50. The van der Waals surface area contributed by atoms with Crippen molar-refractivity contribution < 1.29 is 0 Å². The number of hydrogen-bond donors (Lipinski definition) is 1. The summed E-state index contributed by atoms with van der Waals surface area (Å²) in [5, 5.41) is 7.75. The third kappa shape index (κ3) is 3.57. The highest BCUT2D eigenvalue weighted by Crippen LogP contribution is 2.17. The molecule has 0 aliphatic rings. The van der Waals surface area contributed by atoms with Crippen molar-refractivity contribution in [3.8, 4) is 5.69 Å². The highest BCUT2D eigenvalue weighted by atomic mass is 16.1. The van der Waals surface area contributed by atoms with Crippen LogP contribution in [0.1, 0.15) is 24.1 Å². The summed E-state index contributed by atoms with van der Waals surface area (Å²) in [5.41, 5.74) is 3.34. The largest absolute Gasteiger partial charge is 0.318 e. The van der Waals surface area contributed by atoms with Gasteiger partial charge in [0.15, 0.2) is 0 Å². The third-order valence-corrected chi connectivity index (χ3v) is 3.90. The normalized spacial score (nSPS) is 12.3. The van der Waals surface area contributed by atoms with E-state index < -0.39 is 0 Å². The molecule has 0 spiro atoms. The molecule has 3 rings (SSSR count). The fraction of sp³-hybridized carbons (Fsp3) is 0.222. The average molecular weight is 308 g/mol. The van der Waals surface area contributed by atoms with Crippen LogP contribution in [0.2, 0.25) is 0 Å². The highest BCUT2D eigenvalue weighted by molar-refractivity contribution is 5.36. The van der Waals surface area contributed by atoms with Crippen LogP contribution in [0.3, 0.4) is 0 Å². The molecule has 1 aromatic carbocycles. The maximum Gasteiger partial charge on any atom is 0.250 e. The van der Waals surface area contributed by atoms with E-state index in [1.54, 1.807) is 23.9 Å². The fourth-order valence-corrected chi connectivity index (χ4v) is 2.50. The van der Waals surface area contributed by atoms with Crippen molar-refractivity contribution in [1.29, 1.82) is 0 Å². The summed E-state index contributed by atoms with van der Waals surface area (Å²) in [7, 11) is 1.77. The molecule has 0 saturated carbocycles. The van der Waals surface area contributed by atoms with Gasteiger partial charge >= 0.3 is 0 Å². The predicted molar refractivity (Wildman–Crippen MR) is 90.5 cm³/mol. The molecule has 0 saturated heterocycles. The Balaban J connectivity index is 1.70. The SMILES string of the molecule is CC(NCc1ccc(=O)n(C)c1)c1cccc(-n2cccn2)c1. The van der Waals surface area contributed by atoms with Crippen LogP contribution in [0.25, 0.3) is 5.69 Å². The van der Waals surface area contributed by atoms with Gasteiger partial charge in [-0.15, -0.1) is 0 Å². The first kappa shape index (κ1) is 15.2. The van der Waals surface area contributed by atoms with Crippen molar-refractivity contribution >= 4 is 0 Å². The van der Waals surface area contributed by atoms with Gasteiger partial charge < -0.3 is 9.88 Å². The minimum Gasteiger partial charge on any atom is -0.318 e. The molecule has 0 radical (unpaired) electrons. The third-order valence-electron chi connectivity index (χ3n) is 3.90. The summed E-state index contributed by atoms with van der Waals surface area (Å²) in [5.74, 6) is 0. The van der Waals surface area contributed by atoms with Gasteiger partial charge in [0.1, 0.15) is 0 Å². The quantitative estimate of drug-likeness (QED) is 0.787. The molecule has 0 fully saturated rings. The molecule has 1 N–H and O–H groups in total. The molecule has 2 heterocycles. The zero-order valence-corrected chi connectivity index (χ0v) is 13.3. The topological polar surface area (TPSA) is 51.9 Å². The number of hydrogen-bond acceptors (Lipinski definition) is 3. The summed E-state index contributed by atoms with van der Waals surface area (Å²) >= 11 is 0. The molecule has 3 aromatic rings. The summed E-state index contributed by atoms with van der Waals surface area (Å²) in [6.45, 7) is 2.84. The molecule has 118 valence electrons. The van der Waals surface area contributed by atoms with Crippen molar-refractivity contribution in [3.63, 3.8) is 0 Å². The van der Waals surface area contributed by atoms with Crippen LogP contribution in [-0.4, -0.2) is 14.3 Å². The van der Waals surface area contributed by atoms with E-state index in [4.69, 9.17) is 0 Å². The van der Waals surface area contributed by atoms with Crippen molar-refractivity contribution in [2.75, 3.05) is 0 Å². The predicted octanol–water partition coefficient (Wildman–Crippen LogP) is 2.42. The zero-order chi connectivity index (χ0) is 16.2. The van der Waals surface area contributed by atoms with E-state index >= 15 is 0 Å². The van der Waals surface area contributed by atoms with Crippen LogP contribution in [0.5, 0.6) is 0 Å². The number of nitrogens with one attached hydrogen (secondary N) is 1. The number of nitrogens with zero attached hydrogens (tertiary/aromatic N) is 3. The molecule has 0 aliphatic carbocycles. The summed E-state index contributed by atoms with van der Waals surface area (Å²) in [4.78, 5) is 11.4. The smallest absolute Gasteiger partial charge is 0.250 e. The van der Waals surface area contributed by atoms with Crippen LogP contribution in [0.15, 0.2) is 65.8 Å². The van der Waals surface area contributed by atoms with E-state index in [0.717, 1.165) is 11.3 Å². The lowest BCUT2D eigenvalue weighted by Crippen LogP contribution is -2.21. The van der Waals surface area contributed by atoms with Crippen molar-refractivity contribution in [2.45, 2.75) is 19.5 Å². The Labute approximate surface area is 135 Å². The average Bonchev–Trinajstić information content (AvgIpc) is 3.10. The van der Waals surface area contributed by atoms with Crippen LogP contribution >= 0.6 is 0 Å². The maximum atomic E-state index is 11.4. The molecule has 5 nitrogen and oxygen atoms in total. The Kier molecular flexibility index (Phi) is 4.39. The number of aryl methyl sites for hydroxylation is 1. The number of benzene rings is 1. The molecule has 0 aliphatic heterocycles. The Morgan fingerprint density at radius 1 is 1.22 bits per heavy atom. The minimum absolute atomic E-state index is 0.00808. The highest BCUT2D eigenvalue weighted by Gasteiger charge is 2.07. The van der Waals surface area contributed by atoms with Crippen LogP contribution in [0, 0.1) is 0 Å². The zero-order valence-electron chi connectivity index (χ0n) is 13.3. The molecule has 5 heteroatoms. The summed E-state index contributed by atoms with van der Waals surface area (Å²) in [6.07, 6.45) is 5.57. The number of rotatable bonds is 5. The molecule has 23 heavy (non-hydrogen) atoms. The number of pyridine rings is 1. The second-order valence-corrected chi connectivity index (χ2v) is 5.63. The second kappa shape index (κ2) is 6.62. The van der Waals surface area contributed by atoms with E-state index in [2.05, 4.69) is 29.5 Å². The molecule has 2 aromatic heterocycles. The van der Waals surface area contributed by atoms with Gasteiger partial charge in [0.05, 0.1) is 5.69 Å². The van der Waals surface area contributed by atoms with E-state index in [9.17, 15) is 4.79 Å². The van der Waals surface area contributed by atoms with Gasteiger partial charge in [0.25, 0.3) is 0 Å². The molecular formula is C18H20N4O. The summed E-state index contributed by atoms with van der Waals surface area (Å²) < 4.78 is 3.45. The van der Waals surface area contributed by atoms with Crippen molar-refractivity contribution in [3.05, 3.63) is 82.5 Å². The first-order valence-electron chi connectivity index (χ1n) is 7.62. The Bertz CT molecular complexity index is 836. The molecule has 1 unspecified atom stereocenters. The molecule has 1 atom stereocenters. The Morgan fingerprint density at radius 3 is 2.83 bits per heavy atom. The van der Waals surface area contributed by atoms with Gasteiger partial charge in [0.2, 0.25) is 5.56 Å². The lowest BCUT2D eigenvalue weighted by molar-refractivity contribution is 0.571. The maximum absolute atomic E-state index is 11.4. The first-order chi connectivity index (χ1) is 11.1. The lowest BCUT2D eigenvalue weighted by atomic mass is 10.1. The van der Waals surface area contributed by atoms with Crippen LogP contribution < -0.4 is 10.9 Å². The van der Waals surface area contributed by atoms with E-state index in [1.807, 2.05) is 41.3 Å². The lowest BCUT2D eigenvalue weighted by Gasteiger charge is -2.16. The van der Waals surface area contributed by atoms with Gasteiger partial charge in [-0.05, 0) is 36.2 Å². The van der Waals surface area contributed by atoms with E-state index in [0.29, 0.717) is 6.54 Å². The molecular weight excluding hydrogens is 288 g/mol. The van der Waals surface area contributed by atoms with Gasteiger partial charge in [0, 0.05) is 44.3 Å². The van der Waals surface area contributed by atoms with Crippen molar-refractivity contribution in [1.82, 2.24) is 19.7 Å². The van der Waals surface area contributed by atoms with Gasteiger partial charge in [-0.3, -0.25) is 4.79 Å². The van der Waals surface area contributed by atoms with Gasteiger partial charge in [-0.2, -0.15) is 5.10 Å². The van der Waals surface area contributed by atoms with Crippen LogP contribution in [0.4, 0.5) is 0 Å². The Hall–Kier alpha value is -2.66. The standard InChI is InChI=1S/C18H20N4O/c1-14(19-12-15-7-8-18(23)21(2)13-15)16-5-3-6-17(11-16)22-10-4-9-20-22/h3-11,13-14,19H,12H2,1-2H3. The second-order valence-electron chi connectivity index (χ2n) is 5.63. The number of aromatic nitrogens is 3. The van der Waals surface area contributed by atoms with E-state index in [-0.39, 0.29) is 11.6 Å². The summed E-state index contributed by atoms with van der Waals surface area (Å²) in [6, 6.07) is 13.9. The van der Waals surface area contributed by atoms with Crippen LogP contribution in [-0.2, 0) is 13.6 Å². The minimum atomic E-state index is 0.00808. The first-order valence-corrected chi connectivity index (χ1v) is 7.62. The van der Waals surface area contributed by atoms with E-state index in [1.165, 1.54) is 5.56 Å². The molecule has 0 bridgehead atoms. The van der Waals surface area contributed by atoms with Gasteiger partial charge in [-0.1, -0.05) is 18.2 Å². The monoisotopic (exact) mass is 308 g/mol.